The van der Waals surface area contributed by atoms with Crippen molar-refractivity contribution in [2.24, 2.45) is 11.8 Å². The summed E-state index contributed by atoms with van der Waals surface area (Å²) in [4.78, 5) is 58.7. The summed E-state index contributed by atoms with van der Waals surface area (Å²) < 4.78 is 5.50. The van der Waals surface area contributed by atoms with Crippen molar-refractivity contribution in [2.45, 2.75) is 76.6 Å². The molecule has 0 bridgehead atoms. The maximum Gasteiger partial charge on any atom is 0.251 e. The van der Waals surface area contributed by atoms with Crippen LogP contribution >= 0.6 is 0 Å². The van der Waals surface area contributed by atoms with E-state index in [1.54, 1.807) is 29.0 Å². The number of methoxy groups -OCH3 is 1. The summed E-state index contributed by atoms with van der Waals surface area (Å²) >= 11 is 0. The minimum absolute atomic E-state index is 0.00935. The number of carbonyl (C=O) groups is 4. The number of rotatable bonds is 8. The van der Waals surface area contributed by atoms with Gasteiger partial charge in [0, 0.05) is 44.9 Å². The van der Waals surface area contributed by atoms with E-state index in [2.05, 4.69) is 5.32 Å². The third-order valence-electron chi connectivity index (χ3n) is 8.25. The first-order valence-electron chi connectivity index (χ1n) is 13.8. The first kappa shape index (κ1) is 28.1. The van der Waals surface area contributed by atoms with Gasteiger partial charge in [0.05, 0.1) is 18.7 Å². The number of anilines is 1. The lowest BCUT2D eigenvalue weighted by molar-refractivity contribution is -0.140. The maximum atomic E-state index is 13.8. The topological polar surface area (TPSA) is 99.3 Å². The zero-order valence-electron chi connectivity index (χ0n) is 23.3. The largest absolute Gasteiger partial charge is 0.381 e. The zero-order valence-corrected chi connectivity index (χ0v) is 23.3. The highest BCUT2D eigenvalue weighted by Crippen LogP contribution is 2.35. The third kappa shape index (κ3) is 5.87. The second kappa shape index (κ2) is 11.8. The molecule has 2 saturated heterocycles. The Hall–Kier alpha value is -2.94. The van der Waals surface area contributed by atoms with Crippen molar-refractivity contribution < 1.29 is 23.9 Å². The van der Waals surface area contributed by atoms with E-state index in [-0.39, 0.29) is 54.0 Å². The normalized spacial score (nSPS) is 25.9. The van der Waals surface area contributed by atoms with Crippen molar-refractivity contribution in [3.63, 3.8) is 0 Å². The second-order valence-electron chi connectivity index (χ2n) is 11.6. The summed E-state index contributed by atoms with van der Waals surface area (Å²) in [5.41, 5.74) is 1.45. The monoisotopic (exact) mass is 526 g/mol. The van der Waals surface area contributed by atoms with Crippen LogP contribution in [-0.4, -0.2) is 91.8 Å². The summed E-state index contributed by atoms with van der Waals surface area (Å²) in [6.45, 7) is 4.45. The Balaban J connectivity index is 1.46. The first-order valence-corrected chi connectivity index (χ1v) is 13.8. The van der Waals surface area contributed by atoms with Crippen LogP contribution in [0.4, 0.5) is 5.69 Å². The Morgan fingerprint density at radius 2 is 1.79 bits per heavy atom. The number of fused-ring (bicyclic) bond motifs is 1. The Morgan fingerprint density at radius 3 is 2.42 bits per heavy atom. The van der Waals surface area contributed by atoms with E-state index >= 15 is 0 Å². The number of nitrogens with zero attached hydrogens (tertiary/aromatic N) is 3. The third-order valence-corrected chi connectivity index (χ3v) is 8.25. The summed E-state index contributed by atoms with van der Waals surface area (Å²) in [5.74, 6) is -0.626. The van der Waals surface area contributed by atoms with Crippen LogP contribution in [0.1, 0.15) is 62.7 Å². The number of ether oxygens (including phenoxy) is 1. The van der Waals surface area contributed by atoms with Crippen molar-refractivity contribution in [3.8, 4) is 0 Å². The van der Waals surface area contributed by atoms with E-state index in [0.717, 1.165) is 24.9 Å². The van der Waals surface area contributed by atoms with Gasteiger partial charge in [-0.25, -0.2) is 0 Å². The lowest BCUT2D eigenvalue weighted by Crippen LogP contribution is -2.53. The molecule has 0 spiro atoms. The predicted molar refractivity (Wildman–Crippen MR) is 145 cm³/mol. The average molecular weight is 527 g/mol. The molecule has 9 heteroatoms. The molecule has 3 fully saturated rings. The van der Waals surface area contributed by atoms with E-state index < -0.39 is 12.1 Å². The molecule has 4 rings (SSSR count). The van der Waals surface area contributed by atoms with Crippen LogP contribution in [0.5, 0.6) is 0 Å². The van der Waals surface area contributed by atoms with E-state index in [1.165, 1.54) is 0 Å². The Morgan fingerprint density at radius 1 is 1.08 bits per heavy atom. The molecule has 9 nitrogen and oxygen atoms in total. The molecule has 5 atom stereocenters. The maximum absolute atomic E-state index is 13.8. The Kier molecular flexibility index (Phi) is 8.75. The molecule has 3 unspecified atom stereocenters. The van der Waals surface area contributed by atoms with E-state index in [9.17, 15) is 19.2 Å². The summed E-state index contributed by atoms with van der Waals surface area (Å²) in [7, 11) is 5.54. The minimum atomic E-state index is -0.742. The summed E-state index contributed by atoms with van der Waals surface area (Å²) in [6.07, 6.45) is 4.49. The molecule has 2 aliphatic heterocycles. The van der Waals surface area contributed by atoms with Gasteiger partial charge >= 0.3 is 0 Å². The fourth-order valence-corrected chi connectivity index (χ4v) is 6.22. The van der Waals surface area contributed by atoms with Crippen LogP contribution in [0, 0.1) is 11.8 Å². The van der Waals surface area contributed by atoms with Gasteiger partial charge in [-0.1, -0.05) is 20.3 Å². The number of hydrogen-bond acceptors (Lipinski definition) is 6. The molecule has 1 aromatic rings. The minimum Gasteiger partial charge on any atom is -0.381 e. The van der Waals surface area contributed by atoms with Crippen LogP contribution in [0.2, 0.25) is 0 Å². The molecule has 2 heterocycles. The van der Waals surface area contributed by atoms with Gasteiger partial charge in [-0.15, -0.1) is 0 Å². The highest BCUT2D eigenvalue weighted by atomic mass is 16.5. The lowest BCUT2D eigenvalue weighted by atomic mass is 9.86. The van der Waals surface area contributed by atoms with Crippen molar-refractivity contribution in [3.05, 3.63) is 29.8 Å². The van der Waals surface area contributed by atoms with Crippen LogP contribution in [0.15, 0.2) is 24.3 Å². The van der Waals surface area contributed by atoms with Crippen molar-refractivity contribution in [2.75, 3.05) is 39.2 Å². The Labute approximate surface area is 225 Å². The number of nitrogens with one attached hydrogen (secondary N) is 1. The van der Waals surface area contributed by atoms with Crippen LogP contribution < -0.4 is 10.2 Å². The van der Waals surface area contributed by atoms with Gasteiger partial charge in [0.2, 0.25) is 11.8 Å². The smallest absolute Gasteiger partial charge is 0.251 e. The van der Waals surface area contributed by atoms with Crippen LogP contribution in [0.25, 0.3) is 0 Å². The number of ketones is 1. The van der Waals surface area contributed by atoms with Gasteiger partial charge in [0.1, 0.15) is 12.1 Å². The quantitative estimate of drug-likeness (QED) is 0.559. The van der Waals surface area contributed by atoms with Gasteiger partial charge in [-0.2, -0.15) is 0 Å². The fraction of sp³-hybridized carbons (Fsp3) is 0.655. The molecule has 0 aromatic heterocycles. The van der Waals surface area contributed by atoms with Gasteiger partial charge in [0.25, 0.3) is 5.91 Å². The number of carbonyl (C=O) groups excluding carboxylic acids is 4. The molecule has 0 radical (unpaired) electrons. The number of amides is 3. The summed E-state index contributed by atoms with van der Waals surface area (Å²) in [5, 5.41) is 2.93. The van der Waals surface area contributed by atoms with Crippen molar-refractivity contribution in [1.29, 1.82) is 0 Å². The highest BCUT2D eigenvalue weighted by molar-refractivity contribution is 6.01. The number of likely N-dealkylation sites (tertiary alicyclic amines) is 2. The van der Waals surface area contributed by atoms with Gasteiger partial charge in [0.15, 0.2) is 5.78 Å². The van der Waals surface area contributed by atoms with Gasteiger partial charge < -0.3 is 24.8 Å². The van der Waals surface area contributed by atoms with E-state index in [0.29, 0.717) is 31.4 Å². The standard InChI is InChI=1S/C29H42N4O5/c1-18(2)15-23(30-27(35)19-9-11-21(12-10-19)31(3)4)29(37)32-14-13-24-26(32)25(34)17-33(24)28(36)20-7-6-8-22(16-20)38-5/h9-12,18,20,22-24,26H,6-8,13-17H2,1-5H3,(H,30,35)/t20?,22?,23-,24?,26-/m0/s1. The molecule has 1 saturated carbocycles. The SMILES string of the molecule is COC1CCCC(C(=O)N2CC(=O)[C@@H]3C2CCN3C(=O)[C@H](CC(C)C)NC(=O)c2ccc(N(C)C)cc2)C1. The number of benzene rings is 1. The molecule has 208 valence electrons. The number of hydrogen-bond donors (Lipinski definition) is 1. The molecule has 1 aromatic carbocycles. The summed E-state index contributed by atoms with van der Waals surface area (Å²) in [6, 6.07) is 5.54. The Bertz CT molecular complexity index is 1040. The van der Waals surface area contributed by atoms with Crippen LogP contribution in [-0.2, 0) is 19.1 Å². The van der Waals surface area contributed by atoms with Gasteiger partial charge in [-0.3, -0.25) is 19.2 Å². The molecular weight excluding hydrogens is 484 g/mol. The lowest BCUT2D eigenvalue weighted by Gasteiger charge is -2.32. The molecule has 38 heavy (non-hydrogen) atoms. The molecule has 1 aliphatic carbocycles. The van der Waals surface area contributed by atoms with Gasteiger partial charge in [-0.05, 0) is 62.3 Å². The predicted octanol–water partition coefficient (Wildman–Crippen LogP) is 2.48. The number of Topliss-reactive ketones (excluding diaryl/α,β-unsaturated/α-hetero) is 1. The molecule has 3 aliphatic rings. The fourth-order valence-electron chi connectivity index (χ4n) is 6.22. The van der Waals surface area contributed by atoms with E-state index in [4.69, 9.17) is 4.74 Å². The first-order chi connectivity index (χ1) is 18.1. The molecule has 3 amide bonds. The second-order valence-corrected chi connectivity index (χ2v) is 11.6. The highest BCUT2D eigenvalue weighted by Gasteiger charge is 2.53. The molecule has 1 N–H and O–H groups in total. The van der Waals surface area contributed by atoms with E-state index in [1.807, 2.05) is 45.0 Å². The van der Waals surface area contributed by atoms with Crippen molar-refractivity contribution >= 4 is 29.2 Å². The zero-order chi connectivity index (χ0) is 27.6. The average Bonchev–Trinajstić information content (AvgIpc) is 3.48. The van der Waals surface area contributed by atoms with Crippen LogP contribution in [0.3, 0.4) is 0 Å². The van der Waals surface area contributed by atoms with Crippen molar-refractivity contribution in [1.82, 2.24) is 15.1 Å². The molecular formula is C29H42N4O5.